The number of aliphatic carboxylic acids is 1. The molecule has 1 fully saturated rings. The van der Waals surface area contributed by atoms with E-state index in [0.29, 0.717) is 30.7 Å². The number of carboxylic acid groups (broad SMARTS) is 1. The van der Waals surface area contributed by atoms with Crippen LogP contribution in [0.5, 0.6) is 0 Å². The monoisotopic (exact) mass is 311 g/mol. The summed E-state index contributed by atoms with van der Waals surface area (Å²) in [6.45, 7) is 2.07. The molecule has 1 aliphatic carbocycles. The molecule has 1 aromatic rings. The Kier molecular flexibility index (Phi) is 4.52. The second-order valence-electron chi connectivity index (χ2n) is 5.81. The molecule has 2 atom stereocenters. The van der Waals surface area contributed by atoms with Gasteiger partial charge >= 0.3 is 5.97 Å². The molecule has 1 saturated carbocycles. The van der Waals surface area contributed by atoms with Gasteiger partial charge in [-0.25, -0.2) is 0 Å². The minimum Gasteiger partial charge on any atom is -0.481 e. The molecule has 2 rings (SSSR count). The number of carbonyl (C=O) groups is 1. The number of nitro groups is 1. The summed E-state index contributed by atoms with van der Waals surface area (Å²) in [7, 11) is 0. The van der Waals surface area contributed by atoms with E-state index in [1.807, 2.05) is 0 Å². The lowest BCUT2D eigenvalue weighted by atomic mass is 9.79. The topological polar surface area (TPSA) is 80.4 Å². The summed E-state index contributed by atoms with van der Waals surface area (Å²) >= 11 is 6.09. The maximum absolute atomic E-state index is 11.7. The molecule has 21 heavy (non-hydrogen) atoms. The van der Waals surface area contributed by atoms with Crippen molar-refractivity contribution < 1.29 is 14.8 Å². The predicted molar refractivity (Wildman–Crippen MR) is 79.5 cm³/mol. The quantitative estimate of drug-likeness (QED) is 0.656. The van der Waals surface area contributed by atoms with Gasteiger partial charge in [-0.15, -0.1) is 0 Å². The number of rotatable bonds is 5. The van der Waals surface area contributed by atoms with Gasteiger partial charge < -0.3 is 5.11 Å². The lowest BCUT2D eigenvalue weighted by molar-refractivity contribution is -0.384. The van der Waals surface area contributed by atoms with Crippen molar-refractivity contribution in [1.29, 1.82) is 0 Å². The standard InChI is InChI=1S/C15H18ClNO4/c1-2-10-5-6-15(8-10,14(18)19)9-11-3-4-12(17(20)21)7-13(11)16/h3-4,7,10H,2,5-6,8-9H2,1H3,(H,18,19). The fourth-order valence-corrected chi connectivity index (χ4v) is 3.42. The average molecular weight is 312 g/mol. The van der Waals surface area contributed by atoms with Gasteiger partial charge in [-0.05, 0) is 37.2 Å². The van der Waals surface area contributed by atoms with Crippen molar-refractivity contribution in [2.75, 3.05) is 0 Å². The number of nitrogens with zero attached hydrogens (tertiary/aromatic N) is 1. The zero-order valence-electron chi connectivity index (χ0n) is 11.8. The van der Waals surface area contributed by atoms with Crippen LogP contribution >= 0.6 is 11.6 Å². The number of carboxylic acids is 1. The van der Waals surface area contributed by atoms with Crippen LogP contribution in [0.4, 0.5) is 5.69 Å². The Hall–Kier alpha value is -1.62. The minimum absolute atomic E-state index is 0.0778. The summed E-state index contributed by atoms with van der Waals surface area (Å²) in [6.07, 6.45) is 3.49. The van der Waals surface area contributed by atoms with Gasteiger partial charge in [0, 0.05) is 12.1 Å². The highest BCUT2D eigenvalue weighted by Gasteiger charge is 2.45. The largest absolute Gasteiger partial charge is 0.481 e. The van der Waals surface area contributed by atoms with Crippen LogP contribution in [-0.4, -0.2) is 16.0 Å². The Bertz CT molecular complexity index is 575. The first-order valence-corrected chi connectivity index (χ1v) is 7.42. The van der Waals surface area contributed by atoms with Crippen LogP contribution in [-0.2, 0) is 11.2 Å². The maximum atomic E-state index is 11.7. The Morgan fingerprint density at radius 3 is 2.76 bits per heavy atom. The van der Waals surface area contributed by atoms with Crippen molar-refractivity contribution in [3.05, 3.63) is 38.9 Å². The molecule has 5 nitrogen and oxygen atoms in total. The first-order chi connectivity index (χ1) is 9.88. The van der Waals surface area contributed by atoms with Crippen LogP contribution in [0.25, 0.3) is 0 Å². The third kappa shape index (κ3) is 3.18. The highest BCUT2D eigenvalue weighted by molar-refractivity contribution is 6.31. The molecule has 1 N–H and O–H groups in total. The van der Waals surface area contributed by atoms with Crippen LogP contribution in [0.3, 0.4) is 0 Å². The highest BCUT2D eigenvalue weighted by atomic mass is 35.5. The third-order valence-electron chi connectivity index (χ3n) is 4.52. The van der Waals surface area contributed by atoms with Gasteiger partial charge in [-0.3, -0.25) is 14.9 Å². The van der Waals surface area contributed by atoms with Gasteiger partial charge in [-0.1, -0.05) is 31.0 Å². The number of non-ortho nitro benzene ring substituents is 1. The molecule has 0 spiro atoms. The number of benzene rings is 1. The van der Waals surface area contributed by atoms with Crippen molar-refractivity contribution in [2.24, 2.45) is 11.3 Å². The predicted octanol–water partition coefficient (Wildman–Crippen LogP) is 4.07. The molecule has 0 radical (unpaired) electrons. The van der Waals surface area contributed by atoms with Crippen molar-refractivity contribution in [2.45, 2.75) is 39.0 Å². The Morgan fingerprint density at radius 2 is 2.29 bits per heavy atom. The van der Waals surface area contributed by atoms with Crippen LogP contribution in [0.1, 0.15) is 38.2 Å². The van der Waals surface area contributed by atoms with E-state index in [4.69, 9.17) is 11.6 Å². The second kappa shape index (κ2) is 6.02. The highest BCUT2D eigenvalue weighted by Crippen LogP contribution is 2.46. The molecular formula is C15H18ClNO4. The van der Waals surface area contributed by atoms with Gasteiger partial charge in [-0.2, -0.15) is 0 Å². The normalized spacial score (nSPS) is 25.0. The van der Waals surface area contributed by atoms with Gasteiger partial charge in [0.1, 0.15) is 0 Å². The van der Waals surface area contributed by atoms with E-state index in [2.05, 4.69) is 6.92 Å². The summed E-state index contributed by atoms with van der Waals surface area (Å²) < 4.78 is 0. The van der Waals surface area contributed by atoms with E-state index in [-0.39, 0.29) is 10.7 Å². The lowest BCUT2D eigenvalue weighted by Crippen LogP contribution is -2.31. The molecule has 2 unspecified atom stereocenters. The number of hydrogen-bond donors (Lipinski definition) is 1. The van der Waals surface area contributed by atoms with Crippen LogP contribution in [0, 0.1) is 21.4 Å². The van der Waals surface area contributed by atoms with Crippen molar-refractivity contribution in [3.8, 4) is 0 Å². The number of halogens is 1. The summed E-state index contributed by atoms with van der Waals surface area (Å²) in [5.41, 5.74) is -0.201. The van der Waals surface area contributed by atoms with Gasteiger partial charge in [0.05, 0.1) is 15.4 Å². The maximum Gasteiger partial charge on any atom is 0.309 e. The smallest absolute Gasteiger partial charge is 0.309 e. The molecule has 1 aliphatic rings. The fourth-order valence-electron chi connectivity index (χ4n) is 3.17. The van der Waals surface area contributed by atoms with Gasteiger partial charge in [0.2, 0.25) is 0 Å². The molecule has 0 aliphatic heterocycles. The third-order valence-corrected chi connectivity index (χ3v) is 4.87. The Morgan fingerprint density at radius 1 is 1.57 bits per heavy atom. The molecule has 0 aromatic heterocycles. The SMILES string of the molecule is CCC1CCC(Cc2ccc([N+](=O)[O-])cc2Cl)(C(=O)O)C1. The van der Waals surface area contributed by atoms with Crippen molar-refractivity contribution >= 4 is 23.3 Å². The van der Waals surface area contributed by atoms with E-state index in [1.54, 1.807) is 6.07 Å². The molecule has 0 heterocycles. The van der Waals surface area contributed by atoms with E-state index in [9.17, 15) is 20.0 Å². The first-order valence-electron chi connectivity index (χ1n) is 7.04. The number of nitro benzene ring substituents is 1. The summed E-state index contributed by atoms with van der Waals surface area (Å²) in [6, 6.07) is 4.24. The molecule has 6 heteroatoms. The Labute approximate surface area is 128 Å². The van der Waals surface area contributed by atoms with E-state index in [0.717, 1.165) is 12.8 Å². The zero-order chi connectivity index (χ0) is 15.6. The minimum atomic E-state index is -0.798. The number of hydrogen-bond acceptors (Lipinski definition) is 3. The van der Waals surface area contributed by atoms with Gasteiger partial charge in [0.15, 0.2) is 0 Å². The lowest BCUT2D eigenvalue weighted by Gasteiger charge is -2.25. The van der Waals surface area contributed by atoms with Crippen molar-refractivity contribution in [3.63, 3.8) is 0 Å². The second-order valence-corrected chi connectivity index (χ2v) is 6.22. The molecule has 114 valence electrons. The van der Waals surface area contributed by atoms with Crippen LogP contribution in [0.2, 0.25) is 5.02 Å². The molecule has 0 bridgehead atoms. The molecule has 0 amide bonds. The van der Waals surface area contributed by atoms with E-state index in [1.165, 1.54) is 12.1 Å². The van der Waals surface area contributed by atoms with Crippen LogP contribution < -0.4 is 0 Å². The van der Waals surface area contributed by atoms with E-state index >= 15 is 0 Å². The van der Waals surface area contributed by atoms with E-state index < -0.39 is 16.3 Å². The fraction of sp³-hybridized carbons (Fsp3) is 0.533. The Balaban J connectivity index is 2.26. The first kappa shape index (κ1) is 15.8. The summed E-state index contributed by atoms with van der Waals surface area (Å²) in [5, 5.41) is 20.6. The van der Waals surface area contributed by atoms with Crippen LogP contribution in [0.15, 0.2) is 18.2 Å². The molecule has 1 aromatic carbocycles. The summed E-state index contributed by atoms with van der Waals surface area (Å²) in [4.78, 5) is 21.9. The van der Waals surface area contributed by atoms with Crippen molar-refractivity contribution in [1.82, 2.24) is 0 Å². The summed E-state index contributed by atoms with van der Waals surface area (Å²) in [5.74, 6) is -0.370. The average Bonchev–Trinajstić information content (AvgIpc) is 2.85. The molecule has 0 saturated heterocycles. The zero-order valence-corrected chi connectivity index (χ0v) is 12.6. The molecular weight excluding hydrogens is 294 g/mol. The van der Waals surface area contributed by atoms with Gasteiger partial charge in [0.25, 0.3) is 5.69 Å².